The van der Waals surface area contributed by atoms with E-state index < -0.39 is 0 Å². The number of phenolic OH excluding ortho intramolecular Hbond substituents is 2. The molecule has 0 aliphatic carbocycles. The molecule has 2 aromatic rings. The first kappa shape index (κ1) is 13.4. The van der Waals surface area contributed by atoms with Crippen molar-refractivity contribution in [3.63, 3.8) is 0 Å². The van der Waals surface area contributed by atoms with E-state index in [-0.39, 0.29) is 17.3 Å². The highest BCUT2D eigenvalue weighted by molar-refractivity contribution is 5.70. The molecular weight excluding hydrogens is 268 g/mol. The molecule has 0 atom stereocenters. The summed E-state index contributed by atoms with van der Waals surface area (Å²) in [6, 6.07) is 8.77. The maximum atomic E-state index is 10.3. The van der Waals surface area contributed by atoms with E-state index >= 15 is 0 Å². The van der Waals surface area contributed by atoms with Crippen LogP contribution in [-0.2, 0) is 6.42 Å². The minimum Gasteiger partial charge on any atom is -0.508 e. The Hall–Kier alpha value is -2.62. The van der Waals surface area contributed by atoms with Gasteiger partial charge in [0.1, 0.15) is 11.5 Å². The molecule has 0 saturated heterocycles. The van der Waals surface area contributed by atoms with Crippen molar-refractivity contribution in [2.24, 2.45) is 0 Å². The third-order valence-corrected chi connectivity index (χ3v) is 3.73. The Morgan fingerprint density at radius 2 is 1.76 bits per heavy atom. The number of hydrogen-bond acceptors (Lipinski definition) is 4. The third-order valence-electron chi connectivity index (χ3n) is 3.73. The molecule has 0 radical (unpaired) electrons. The molecule has 0 bridgehead atoms. The van der Waals surface area contributed by atoms with Gasteiger partial charge in [0.05, 0.1) is 0 Å². The SMILES string of the molecule is Cc1cc(C2=C(O)Cc3c(C)cccc3O2)cc(O)c1O. The molecular formula is C17H16O4. The van der Waals surface area contributed by atoms with Crippen LogP contribution < -0.4 is 4.74 Å². The lowest BCUT2D eigenvalue weighted by molar-refractivity contribution is 0.357. The summed E-state index contributed by atoms with van der Waals surface area (Å²) in [6.45, 7) is 3.65. The average Bonchev–Trinajstić information content (AvgIpc) is 2.45. The molecule has 21 heavy (non-hydrogen) atoms. The molecule has 3 rings (SSSR count). The van der Waals surface area contributed by atoms with Gasteiger partial charge in [-0.25, -0.2) is 0 Å². The van der Waals surface area contributed by atoms with Gasteiger partial charge in [-0.1, -0.05) is 12.1 Å². The second-order valence-corrected chi connectivity index (χ2v) is 5.27. The number of aliphatic hydroxyl groups excluding tert-OH is 1. The third kappa shape index (κ3) is 2.18. The van der Waals surface area contributed by atoms with Crippen molar-refractivity contribution < 1.29 is 20.1 Å². The van der Waals surface area contributed by atoms with Crippen LogP contribution in [0.25, 0.3) is 5.76 Å². The summed E-state index contributed by atoms with van der Waals surface area (Å²) in [7, 11) is 0. The second kappa shape index (κ2) is 4.74. The van der Waals surface area contributed by atoms with Gasteiger partial charge in [0, 0.05) is 17.5 Å². The normalized spacial score (nSPS) is 13.8. The highest BCUT2D eigenvalue weighted by Crippen LogP contribution is 2.38. The Kier molecular flexibility index (Phi) is 3.01. The van der Waals surface area contributed by atoms with Gasteiger partial charge in [-0.2, -0.15) is 0 Å². The van der Waals surface area contributed by atoms with E-state index in [1.54, 1.807) is 13.0 Å². The maximum Gasteiger partial charge on any atom is 0.172 e. The summed E-state index contributed by atoms with van der Waals surface area (Å²) in [5.74, 6) is 0.732. The molecule has 0 saturated carbocycles. The zero-order valence-electron chi connectivity index (χ0n) is 11.8. The fourth-order valence-corrected chi connectivity index (χ4v) is 2.53. The average molecular weight is 284 g/mol. The smallest absolute Gasteiger partial charge is 0.172 e. The van der Waals surface area contributed by atoms with Gasteiger partial charge in [-0.05, 0) is 43.2 Å². The second-order valence-electron chi connectivity index (χ2n) is 5.27. The highest BCUT2D eigenvalue weighted by Gasteiger charge is 2.23. The molecule has 0 spiro atoms. The first-order chi connectivity index (χ1) is 9.97. The zero-order valence-corrected chi connectivity index (χ0v) is 11.8. The summed E-state index contributed by atoms with van der Waals surface area (Å²) in [5, 5.41) is 29.6. The number of benzene rings is 2. The van der Waals surface area contributed by atoms with Crippen molar-refractivity contribution in [3.8, 4) is 17.2 Å². The molecule has 0 aromatic heterocycles. The van der Waals surface area contributed by atoms with E-state index in [4.69, 9.17) is 4.74 Å². The number of allylic oxidation sites excluding steroid dienone is 1. The van der Waals surface area contributed by atoms with Crippen molar-refractivity contribution in [1.82, 2.24) is 0 Å². The molecule has 4 heteroatoms. The first-order valence-electron chi connectivity index (χ1n) is 6.68. The van der Waals surface area contributed by atoms with E-state index in [0.717, 1.165) is 11.1 Å². The molecule has 1 aliphatic heterocycles. The predicted octanol–water partition coefficient (Wildman–Crippen LogP) is 3.58. The number of hydrogen-bond donors (Lipinski definition) is 3. The Morgan fingerprint density at radius 1 is 1.00 bits per heavy atom. The lowest BCUT2D eigenvalue weighted by Gasteiger charge is -2.22. The Morgan fingerprint density at radius 3 is 2.48 bits per heavy atom. The molecule has 108 valence electrons. The van der Waals surface area contributed by atoms with Crippen LogP contribution in [0.3, 0.4) is 0 Å². The van der Waals surface area contributed by atoms with E-state index in [9.17, 15) is 15.3 Å². The minimum atomic E-state index is -0.232. The molecule has 0 amide bonds. The van der Waals surface area contributed by atoms with Gasteiger partial charge >= 0.3 is 0 Å². The van der Waals surface area contributed by atoms with Crippen LogP contribution in [-0.4, -0.2) is 15.3 Å². The largest absolute Gasteiger partial charge is 0.508 e. The van der Waals surface area contributed by atoms with Crippen LogP contribution in [0.4, 0.5) is 0 Å². The number of aliphatic hydroxyl groups is 1. The molecule has 2 aromatic carbocycles. The molecule has 1 aliphatic rings. The quantitative estimate of drug-likeness (QED) is 0.700. The summed E-state index contributed by atoms with van der Waals surface area (Å²) in [6.07, 6.45) is 0.387. The fraction of sp³-hybridized carbons (Fsp3) is 0.176. The van der Waals surface area contributed by atoms with Crippen molar-refractivity contribution in [3.05, 3.63) is 58.3 Å². The molecule has 0 fully saturated rings. The minimum absolute atomic E-state index is 0.112. The van der Waals surface area contributed by atoms with E-state index in [2.05, 4.69) is 0 Å². The van der Waals surface area contributed by atoms with Crippen LogP contribution in [0, 0.1) is 13.8 Å². The number of ether oxygens (including phenoxy) is 1. The first-order valence-corrected chi connectivity index (χ1v) is 6.68. The van der Waals surface area contributed by atoms with E-state index in [0.29, 0.717) is 29.1 Å². The van der Waals surface area contributed by atoms with Crippen LogP contribution in [0.1, 0.15) is 22.3 Å². The van der Waals surface area contributed by atoms with Crippen LogP contribution >= 0.6 is 0 Å². The Bertz CT molecular complexity index is 736. The molecule has 3 N–H and O–H groups in total. The monoisotopic (exact) mass is 284 g/mol. The highest BCUT2D eigenvalue weighted by atomic mass is 16.5. The van der Waals surface area contributed by atoms with Crippen LogP contribution in [0.15, 0.2) is 36.1 Å². The topological polar surface area (TPSA) is 69.9 Å². The van der Waals surface area contributed by atoms with E-state index in [1.807, 2.05) is 25.1 Å². The lowest BCUT2D eigenvalue weighted by atomic mass is 9.98. The number of rotatable bonds is 1. The fourth-order valence-electron chi connectivity index (χ4n) is 2.53. The number of fused-ring (bicyclic) bond motifs is 1. The van der Waals surface area contributed by atoms with Crippen LogP contribution in [0.5, 0.6) is 17.2 Å². The van der Waals surface area contributed by atoms with Crippen LogP contribution in [0.2, 0.25) is 0 Å². The maximum absolute atomic E-state index is 10.3. The standard InChI is InChI=1S/C17H16O4/c1-9-4-3-5-15-12(9)8-14(19)17(21-15)11-6-10(2)16(20)13(18)7-11/h3-7,18-20H,8H2,1-2H3. The summed E-state index contributed by atoms with van der Waals surface area (Å²) >= 11 is 0. The van der Waals surface area contributed by atoms with Crippen molar-refractivity contribution >= 4 is 5.76 Å². The van der Waals surface area contributed by atoms with Gasteiger partial charge in [-0.15, -0.1) is 0 Å². The summed E-state index contributed by atoms with van der Waals surface area (Å²) < 4.78 is 5.80. The van der Waals surface area contributed by atoms with Gasteiger partial charge in [0.25, 0.3) is 0 Å². The lowest BCUT2D eigenvalue weighted by Crippen LogP contribution is -2.10. The van der Waals surface area contributed by atoms with Crippen molar-refractivity contribution in [2.45, 2.75) is 20.3 Å². The predicted molar refractivity (Wildman–Crippen MR) is 79.6 cm³/mol. The molecule has 0 unspecified atom stereocenters. The Labute approximate surface area is 122 Å². The number of aromatic hydroxyl groups is 2. The van der Waals surface area contributed by atoms with Crippen molar-refractivity contribution in [1.29, 1.82) is 0 Å². The summed E-state index contributed by atoms with van der Waals surface area (Å²) in [5.41, 5.74) is 3.07. The van der Waals surface area contributed by atoms with Gasteiger partial charge in [-0.3, -0.25) is 0 Å². The van der Waals surface area contributed by atoms with Gasteiger partial charge in [0.15, 0.2) is 17.3 Å². The Balaban J connectivity index is 2.09. The zero-order chi connectivity index (χ0) is 15.1. The summed E-state index contributed by atoms with van der Waals surface area (Å²) in [4.78, 5) is 0. The van der Waals surface area contributed by atoms with E-state index in [1.165, 1.54) is 6.07 Å². The molecule has 1 heterocycles. The van der Waals surface area contributed by atoms with Gasteiger partial charge < -0.3 is 20.1 Å². The number of phenols is 2. The number of aryl methyl sites for hydroxylation is 2. The van der Waals surface area contributed by atoms with Crippen molar-refractivity contribution in [2.75, 3.05) is 0 Å². The molecule has 4 nitrogen and oxygen atoms in total. The van der Waals surface area contributed by atoms with Gasteiger partial charge in [0.2, 0.25) is 0 Å².